The van der Waals surface area contributed by atoms with Crippen molar-refractivity contribution in [3.05, 3.63) is 52.8 Å². The normalized spacial score (nSPS) is 19.0. The van der Waals surface area contributed by atoms with E-state index in [1.807, 2.05) is 33.8 Å². The van der Waals surface area contributed by atoms with E-state index in [0.29, 0.717) is 53.9 Å². The number of fused-ring (bicyclic) bond motifs is 1. The fourth-order valence-electron chi connectivity index (χ4n) is 3.49. The molecule has 1 aromatic rings. The molecule has 1 aromatic carbocycles. The van der Waals surface area contributed by atoms with Gasteiger partial charge in [-0.05, 0) is 58.9 Å². The first kappa shape index (κ1) is 22.3. The molecule has 7 heteroatoms. The third-order valence-electron chi connectivity index (χ3n) is 5.14. The molecule has 0 spiro atoms. The van der Waals surface area contributed by atoms with Gasteiger partial charge in [0.15, 0.2) is 11.5 Å². The number of carbonyl (C=O) groups is 2. The summed E-state index contributed by atoms with van der Waals surface area (Å²) in [7, 11) is 0. The summed E-state index contributed by atoms with van der Waals surface area (Å²) < 4.78 is 17.0. The molecule has 0 saturated carbocycles. The molecule has 7 nitrogen and oxygen atoms in total. The van der Waals surface area contributed by atoms with Crippen LogP contribution in [0.15, 0.2) is 52.2 Å². The molecule has 1 atom stereocenters. The first-order valence-corrected chi connectivity index (χ1v) is 10.5. The molecule has 1 heterocycles. The number of nitrogens with one attached hydrogen (secondary N) is 1. The van der Waals surface area contributed by atoms with Crippen LogP contribution in [-0.4, -0.2) is 37.3 Å². The number of benzene rings is 1. The van der Waals surface area contributed by atoms with Crippen LogP contribution in [0.4, 0.5) is 0 Å². The van der Waals surface area contributed by atoms with E-state index in [9.17, 15) is 9.59 Å². The predicted molar refractivity (Wildman–Crippen MR) is 119 cm³/mol. The Morgan fingerprint density at radius 2 is 1.65 bits per heavy atom. The van der Waals surface area contributed by atoms with Gasteiger partial charge in [0.05, 0.1) is 25.5 Å². The third kappa shape index (κ3) is 4.71. The molecule has 2 amide bonds. The molecule has 0 aromatic heterocycles. The summed E-state index contributed by atoms with van der Waals surface area (Å²) in [5, 5.41) is 2.88. The maximum Gasteiger partial charge on any atom is 0.277 e. The molecule has 164 valence electrons. The summed E-state index contributed by atoms with van der Waals surface area (Å²) in [6, 6.07) is 3.23. The Hall–Kier alpha value is -3.35. The van der Waals surface area contributed by atoms with Gasteiger partial charge in [-0.15, -0.1) is 0 Å². The summed E-state index contributed by atoms with van der Waals surface area (Å²) in [5.41, 5.74) is 3.22. The molecule has 0 saturated heterocycles. The minimum Gasteiger partial charge on any atom is -0.490 e. The molecular formula is C24H28N2O5. The molecule has 1 aliphatic heterocycles. The van der Waals surface area contributed by atoms with Crippen molar-refractivity contribution in [2.75, 3.05) is 19.8 Å². The molecule has 3 rings (SSSR count). The number of carbonyl (C=O) groups excluding carboxylic acids is 2. The van der Waals surface area contributed by atoms with E-state index in [0.717, 1.165) is 11.3 Å². The van der Waals surface area contributed by atoms with Gasteiger partial charge in [0.2, 0.25) is 5.75 Å². The van der Waals surface area contributed by atoms with Crippen LogP contribution in [0.3, 0.4) is 0 Å². The minimum atomic E-state index is -0.439. The van der Waals surface area contributed by atoms with E-state index >= 15 is 0 Å². The lowest BCUT2D eigenvalue weighted by atomic mass is 9.85. The summed E-state index contributed by atoms with van der Waals surface area (Å²) in [6.45, 7) is 10.6. The fourth-order valence-corrected chi connectivity index (χ4v) is 3.49. The highest BCUT2D eigenvalue weighted by Crippen LogP contribution is 2.39. The van der Waals surface area contributed by atoms with Crippen molar-refractivity contribution >= 4 is 17.5 Å². The van der Waals surface area contributed by atoms with Crippen molar-refractivity contribution < 1.29 is 23.8 Å². The Kier molecular flexibility index (Phi) is 6.95. The molecule has 0 bridgehead atoms. The Balaban J connectivity index is 1.95. The number of amides is 2. The molecule has 0 radical (unpaired) electrons. The average molecular weight is 424 g/mol. The molecular weight excluding hydrogens is 396 g/mol. The lowest BCUT2D eigenvalue weighted by Gasteiger charge is -2.28. The van der Waals surface area contributed by atoms with E-state index in [1.54, 1.807) is 31.2 Å². The Morgan fingerprint density at radius 1 is 1.03 bits per heavy atom. The van der Waals surface area contributed by atoms with E-state index in [2.05, 4.69) is 10.3 Å². The standard InChI is InChI=1S/C24H28N2O5/c1-6-29-20-11-16(12-21(30-7-2)22(20)31-8-3)24(28)25-17-9-10-18-14(4)15(5)23(27)26-19(18)13-17/h9-13,18H,6-8H2,1-5H3,(H,26,27). The number of hydrogen-bond donors (Lipinski definition) is 1. The van der Waals surface area contributed by atoms with Crippen LogP contribution in [0, 0.1) is 5.92 Å². The van der Waals surface area contributed by atoms with Crippen LogP contribution < -0.4 is 19.5 Å². The first-order valence-electron chi connectivity index (χ1n) is 10.5. The average Bonchev–Trinajstić information content (AvgIpc) is 2.74. The van der Waals surface area contributed by atoms with Gasteiger partial charge in [0.25, 0.3) is 11.8 Å². The smallest absolute Gasteiger partial charge is 0.277 e. The van der Waals surface area contributed by atoms with E-state index in [1.165, 1.54) is 0 Å². The monoisotopic (exact) mass is 424 g/mol. The Bertz CT molecular complexity index is 990. The van der Waals surface area contributed by atoms with Gasteiger partial charge in [-0.1, -0.05) is 11.6 Å². The minimum absolute atomic E-state index is 0.00802. The van der Waals surface area contributed by atoms with Crippen molar-refractivity contribution in [1.29, 1.82) is 0 Å². The lowest BCUT2D eigenvalue weighted by Crippen LogP contribution is -2.35. The van der Waals surface area contributed by atoms with E-state index < -0.39 is 5.91 Å². The number of nitrogens with zero attached hydrogens (tertiary/aromatic N) is 1. The second kappa shape index (κ2) is 9.64. The fraction of sp³-hybridized carbons (Fsp3) is 0.375. The highest BCUT2D eigenvalue weighted by atomic mass is 16.5. The van der Waals surface area contributed by atoms with Crippen molar-refractivity contribution in [3.63, 3.8) is 0 Å². The van der Waals surface area contributed by atoms with Gasteiger partial charge < -0.3 is 19.5 Å². The maximum atomic E-state index is 12.9. The maximum absolute atomic E-state index is 12.9. The SMILES string of the molecule is CCOc1cc(C(=O)N=C2C=CC3C(=C2)NC(=O)C(C)=C3C)cc(OCC)c1OCC. The molecule has 31 heavy (non-hydrogen) atoms. The van der Waals surface area contributed by atoms with E-state index in [4.69, 9.17) is 14.2 Å². The number of hydrogen-bond acceptors (Lipinski definition) is 5. The zero-order valence-corrected chi connectivity index (χ0v) is 18.6. The summed E-state index contributed by atoms with van der Waals surface area (Å²) >= 11 is 0. The van der Waals surface area contributed by atoms with Gasteiger partial charge in [-0.2, -0.15) is 0 Å². The molecule has 2 aliphatic rings. The Labute approximate surface area is 182 Å². The summed E-state index contributed by atoms with van der Waals surface area (Å²) in [6.07, 6.45) is 5.47. The highest BCUT2D eigenvalue weighted by molar-refractivity contribution is 6.14. The molecule has 0 fully saturated rings. The van der Waals surface area contributed by atoms with Crippen molar-refractivity contribution in [2.24, 2.45) is 10.9 Å². The van der Waals surface area contributed by atoms with Crippen LogP contribution in [-0.2, 0) is 4.79 Å². The van der Waals surface area contributed by atoms with Crippen LogP contribution in [0.5, 0.6) is 17.2 Å². The Morgan fingerprint density at radius 3 is 2.23 bits per heavy atom. The van der Waals surface area contributed by atoms with Gasteiger partial charge in [0.1, 0.15) is 0 Å². The lowest BCUT2D eigenvalue weighted by molar-refractivity contribution is -0.117. The number of ether oxygens (including phenoxy) is 3. The predicted octanol–water partition coefficient (Wildman–Crippen LogP) is 4.00. The molecule has 1 N–H and O–H groups in total. The van der Waals surface area contributed by atoms with Crippen LogP contribution in [0.2, 0.25) is 0 Å². The number of allylic oxidation sites excluding steroid dienone is 3. The van der Waals surface area contributed by atoms with Gasteiger partial charge >= 0.3 is 0 Å². The highest BCUT2D eigenvalue weighted by Gasteiger charge is 2.27. The van der Waals surface area contributed by atoms with Crippen molar-refractivity contribution in [2.45, 2.75) is 34.6 Å². The van der Waals surface area contributed by atoms with Gasteiger partial charge in [-0.3, -0.25) is 9.59 Å². The van der Waals surface area contributed by atoms with Crippen molar-refractivity contribution in [3.8, 4) is 17.2 Å². The second-order valence-corrected chi connectivity index (χ2v) is 7.14. The first-order chi connectivity index (χ1) is 14.9. The van der Waals surface area contributed by atoms with Crippen LogP contribution in [0.25, 0.3) is 0 Å². The quantitative estimate of drug-likeness (QED) is 0.715. The number of rotatable bonds is 7. The molecule has 1 unspecified atom stereocenters. The van der Waals surface area contributed by atoms with Gasteiger partial charge in [-0.25, -0.2) is 4.99 Å². The number of aliphatic imine (C=N–C) groups is 1. The van der Waals surface area contributed by atoms with E-state index in [-0.39, 0.29) is 11.8 Å². The second-order valence-electron chi connectivity index (χ2n) is 7.14. The van der Waals surface area contributed by atoms with Crippen molar-refractivity contribution in [1.82, 2.24) is 5.32 Å². The summed E-state index contributed by atoms with van der Waals surface area (Å²) in [5.74, 6) is 0.770. The third-order valence-corrected chi connectivity index (χ3v) is 5.14. The van der Waals surface area contributed by atoms with Gasteiger partial charge in [0, 0.05) is 22.8 Å². The zero-order valence-electron chi connectivity index (χ0n) is 18.6. The topological polar surface area (TPSA) is 86.2 Å². The van der Waals surface area contributed by atoms with Crippen LogP contribution in [0.1, 0.15) is 45.0 Å². The van der Waals surface area contributed by atoms with Crippen LogP contribution >= 0.6 is 0 Å². The molecule has 1 aliphatic carbocycles. The summed E-state index contributed by atoms with van der Waals surface area (Å²) in [4.78, 5) is 29.3. The zero-order chi connectivity index (χ0) is 22.5. The largest absolute Gasteiger partial charge is 0.490 e.